The zero-order valence-electron chi connectivity index (χ0n) is 15.6. The number of nitrogens with zero attached hydrogens (tertiary/aromatic N) is 2. The highest BCUT2D eigenvalue weighted by Gasteiger charge is 2.35. The van der Waals surface area contributed by atoms with Gasteiger partial charge in [-0.05, 0) is 23.8 Å². The van der Waals surface area contributed by atoms with Crippen LogP contribution in [0.1, 0.15) is 21.5 Å². The van der Waals surface area contributed by atoms with Crippen LogP contribution in [0.25, 0.3) is 22.2 Å². The van der Waals surface area contributed by atoms with Crippen molar-refractivity contribution in [1.29, 1.82) is 0 Å². The number of alkyl halides is 3. The third-order valence-corrected chi connectivity index (χ3v) is 4.54. The molecule has 0 spiro atoms. The number of rotatable bonds is 4. The first-order valence-corrected chi connectivity index (χ1v) is 9.06. The fourth-order valence-corrected chi connectivity index (χ4v) is 3.12. The summed E-state index contributed by atoms with van der Waals surface area (Å²) in [5.74, 6) is -0.760. The van der Waals surface area contributed by atoms with Crippen molar-refractivity contribution in [3.8, 4) is 11.3 Å². The molecule has 0 saturated carbocycles. The monoisotopic (exact) mass is 408 g/mol. The van der Waals surface area contributed by atoms with E-state index in [0.29, 0.717) is 10.9 Å². The third-order valence-electron chi connectivity index (χ3n) is 4.54. The van der Waals surface area contributed by atoms with E-state index in [1.54, 1.807) is 30.3 Å². The van der Waals surface area contributed by atoms with Gasteiger partial charge in [-0.15, -0.1) is 0 Å². The van der Waals surface area contributed by atoms with Gasteiger partial charge in [0.2, 0.25) is 0 Å². The normalized spacial score (nSPS) is 11.4. The number of halogens is 3. The summed E-state index contributed by atoms with van der Waals surface area (Å²) < 4.78 is 46.2. The molecular weight excluding hydrogens is 393 g/mol. The lowest BCUT2D eigenvalue weighted by Gasteiger charge is -2.15. The summed E-state index contributed by atoms with van der Waals surface area (Å²) in [5.41, 5.74) is -0.00343. The number of pyridine rings is 2. The predicted molar refractivity (Wildman–Crippen MR) is 106 cm³/mol. The number of fused-ring (bicyclic) bond motifs is 1. The van der Waals surface area contributed by atoms with Gasteiger partial charge in [-0.25, -0.2) is 9.78 Å². The van der Waals surface area contributed by atoms with E-state index in [4.69, 9.17) is 4.74 Å². The first kappa shape index (κ1) is 19.6. The van der Waals surface area contributed by atoms with Gasteiger partial charge in [-0.2, -0.15) is 13.2 Å². The van der Waals surface area contributed by atoms with Crippen molar-refractivity contribution in [3.63, 3.8) is 0 Å². The van der Waals surface area contributed by atoms with Gasteiger partial charge in [-0.1, -0.05) is 48.5 Å². The van der Waals surface area contributed by atoms with Crippen LogP contribution in [0.5, 0.6) is 0 Å². The fraction of sp³-hybridized carbons (Fsp3) is 0.0870. The van der Waals surface area contributed by atoms with Crippen LogP contribution in [0.4, 0.5) is 13.2 Å². The Hall–Kier alpha value is -3.74. The maximum atomic E-state index is 13.6. The second-order valence-corrected chi connectivity index (χ2v) is 6.56. The van der Waals surface area contributed by atoms with Gasteiger partial charge in [0.25, 0.3) is 0 Å². The van der Waals surface area contributed by atoms with Crippen molar-refractivity contribution in [2.45, 2.75) is 12.8 Å². The van der Waals surface area contributed by atoms with E-state index in [1.165, 1.54) is 36.7 Å². The lowest BCUT2D eigenvalue weighted by atomic mass is 9.98. The minimum Gasteiger partial charge on any atom is -0.457 e. The summed E-state index contributed by atoms with van der Waals surface area (Å²) in [7, 11) is 0. The van der Waals surface area contributed by atoms with Crippen LogP contribution < -0.4 is 0 Å². The quantitative estimate of drug-likeness (QED) is 0.408. The van der Waals surface area contributed by atoms with Crippen LogP contribution in [0.2, 0.25) is 0 Å². The Balaban J connectivity index is 1.82. The Morgan fingerprint density at radius 3 is 2.47 bits per heavy atom. The van der Waals surface area contributed by atoms with E-state index in [1.807, 2.05) is 6.07 Å². The summed E-state index contributed by atoms with van der Waals surface area (Å²) in [6, 6.07) is 17.1. The van der Waals surface area contributed by atoms with Crippen LogP contribution in [0, 0.1) is 0 Å². The van der Waals surface area contributed by atoms with Crippen molar-refractivity contribution in [1.82, 2.24) is 9.97 Å². The van der Waals surface area contributed by atoms with Gasteiger partial charge in [0.1, 0.15) is 6.61 Å². The van der Waals surface area contributed by atoms with Crippen molar-refractivity contribution in [3.05, 3.63) is 95.8 Å². The molecule has 0 atom stereocenters. The van der Waals surface area contributed by atoms with Crippen molar-refractivity contribution >= 4 is 16.9 Å². The van der Waals surface area contributed by atoms with E-state index < -0.39 is 17.7 Å². The molecular formula is C23H15F3N2O2. The van der Waals surface area contributed by atoms with E-state index >= 15 is 0 Å². The number of hydrogen-bond acceptors (Lipinski definition) is 4. The Morgan fingerprint density at radius 2 is 1.70 bits per heavy atom. The van der Waals surface area contributed by atoms with Gasteiger partial charge in [-0.3, -0.25) is 4.98 Å². The van der Waals surface area contributed by atoms with Gasteiger partial charge in [0.05, 0.1) is 22.3 Å². The second-order valence-electron chi connectivity index (χ2n) is 6.56. The molecule has 2 aromatic carbocycles. The average molecular weight is 408 g/mol. The molecule has 0 aliphatic carbocycles. The average Bonchev–Trinajstić information content (AvgIpc) is 2.76. The molecule has 2 aromatic heterocycles. The summed E-state index contributed by atoms with van der Waals surface area (Å²) in [4.78, 5) is 21.2. The molecule has 0 saturated heterocycles. The van der Waals surface area contributed by atoms with Crippen LogP contribution >= 0.6 is 0 Å². The minimum atomic E-state index is -4.60. The Kier molecular flexibility index (Phi) is 5.18. The maximum Gasteiger partial charge on any atom is 0.417 e. The zero-order valence-corrected chi connectivity index (χ0v) is 15.6. The molecule has 150 valence electrons. The van der Waals surface area contributed by atoms with E-state index in [9.17, 15) is 18.0 Å². The van der Waals surface area contributed by atoms with Gasteiger partial charge >= 0.3 is 12.1 Å². The number of aromatic nitrogens is 2. The lowest BCUT2D eigenvalue weighted by Crippen LogP contribution is -2.12. The topological polar surface area (TPSA) is 52.1 Å². The predicted octanol–water partition coefficient (Wildman–Crippen LogP) is 5.67. The summed E-state index contributed by atoms with van der Waals surface area (Å²) in [6.45, 7) is -0.00882. The number of carbonyl (C=O) groups excluding carboxylic acids is 1. The highest BCUT2D eigenvalue weighted by atomic mass is 19.4. The summed E-state index contributed by atoms with van der Waals surface area (Å²) in [5, 5.41) is 0.525. The molecule has 30 heavy (non-hydrogen) atoms. The van der Waals surface area contributed by atoms with Crippen molar-refractivity contribution in [2.75, 3.05) is 0 Å². The molecule has 0 aliphatic heterocycles. The third kappa shape index (κ3) is 4.00. The summed E-state index contributed by atoms with van der Waals surface area (Å²) >= 11 is 0. The van der Waals surface area contributed by atoms with Crippen LogP contribution in [-0.4, -0.2) is 15.9 Å². The SMILES string of the molecule is O=C(OCc1ccccc1)c1cc2cnccc2nc1-c1ccccc1C(F)(F)F. The Bertz CT molecular complexity index is 1210. The number of ether oxygens (including phenoxy) is 1. The Morgan fingerprint density at radius 1 is 0.967 bits per heavy atom. The smallest absolute Gasteiger partial charge is 0.417 e. The molecule has 0 fully saturated rings. The fourth-order valence-electron chi connectivity index (χ4n) is 3.12. The number of carbonyl (C=O) groups is 1. The van der Waals surface area contributed by atoms with Crippen LogP contribution in [0.3, 0.4) is 0 Å². The van der Waals surface area contributed by atoms with Gasteiger partial charge in [0.15, 0.2) is 0 Å². The van der Waals surface area contributed by atoms with Gasteiger partial charge in [0, 0.05) is 23.3 Å². The maximum absolute atomic E-state index is 13.6. The Labute approximate surface area is 170 Å². The zero-order chi connectivity index (χ0) is 21.1. The highest BCUT2D eigenvalue weighted by Crippen LogP contribution is 2.38. The van der Waals surface area contributed by atoms with E-state index in [0.717, 1.165) is 11.6 Å². The molecule has 7 heteroatoms. The number of hydrogen-bond donors (Lipinski definition) is 0. The molecule has 4 nitrogen and oxygen atoms in total. The van der Waals surface area contributed by atoms with E-state index in [-0.39, 0.29) is 23.4 Å². The molecule has 0 bridgehead atoms. The molecule has 4 rings (SSSR count). The lowest BCUT2D eigenvalue weighted by molar-refractivity contribution is -0.137. The largest absolute Gasteiger partial charge is 0.457 e. The molecule has 0 unspecified atom stereocenters. The van der Waals surface area contributed by atoms with Crippen LogP contribution in [-0.2, 0) is 17.5 Å². The number of benzene rings is 2. The molecule has 0 radical (unpaired) electrons. The molecule has 0 N–H and O–H groups in total. The first-order chi connectivity index (χ1) is 14.4. The van der Waals surface area contributed by atoms with Crippen molar-refractivity contribution < 1.29 is 22.7 Å². The number of esters is 1. The molecule has 0 aliphatic rings. The molecule has 2 heterocycles. The summed E-state index contributed by atoms with van der Waals surface area (Å²) in [6.07, 6.45) is -1.62. The van der Waals surface area contributed by atoms with Crippen LogP contribution in [0.15, 0.2) is 79.1 Å². The van der Waals surface area contributed by atoms with E-state index in [2.05, 4.69) is 9.97 Å². The first-order valence-electron chi connectivity index (χ1n) is 9.06. The van der Waals surface area contributed by atoms with Crippen molar-refractivity contribution in [2.24, 2.45) is 0 Å². The second kappa shape index (κ2) is 7.94. The highest BCUT2D eigenvalue weighted by molar-refractivity contribution is 6.00. The standard InChI is InChI=1S/C23H15F3N2O2/c24-23(25,26)19-9-5-4-8-17(19)21-18(12-16-13-27-11-10-20(16)28-21)22(29)30-14-15-6-2-1-3-7-15/h1-13H,14H2. The molecule has 0 amide bonds. The minimum absolute atomic E-state index is 0.00882. The molecule has 4 aromatic rings. The van der Waals surface area contributed by atoms with Gasteiger partial charge < -0.3 is 4.74 Å².